The standard InChI is InChI=1S/C14H13F6N5O2.ClH/c15-13(16,17)10-4-9(5-11(6-10)14(18,19)20)7-21-2-1-3-24-8-22-12(23-24)25(26)27;/h4-6,8,21H,1-3,7H2;1H. The summed E-state index contributed by atoms with van der Waals surface area (Å²) in [5.74, 6) is -0.563. The summed E-state index contributed by atoms with van der Waals surface area (Å²) in [4.78, 5) is 13.1. The van der Waals surface area contributed by atoms with Crippen molar-refractivity contribution in [2.75, 3.05) is 6.54 Å². The summed E-state index contributed by atoms with van der Waals surface area (Å²) in [7, 11) is 0. The van der Waals surface area contributed by atoms with Gasteiger partial charge in [-0.2, -0.15) is 31.0 Å². The summed E-state index contributed by atoms with van der Waals surface area (Å²) in [5, 5.41) is 16.7. The van der Waals surface area contributed by atoms with E-state index in [1.807, 2.05) is 0 Å². The van der Waals surface area contributed by atoms with Gasteiger partial charge in [0.05, 0.1) is 17.7 Å². The topological polar surface area (TPSA) is 85.9 Å². The van der Waals surface area contributed by atoms with Crippen LogP contribution in [0.4, 0.5) is 32.3 Å². The number of hydrogen-bond donors (Lipinski definition) is 1. The Morgan fingerprint density at radius 2 is 1.64 bits per heavy atom. The van der Waals surface area contributed by atoms with Crippen LogP contribution < -0.4 is 5.32 Å². The van der Waals surface area contributed by atoms with E-state index in [0.29, 0.717) is 18.6 Å². The van der Waals surface area contributed by atoms with Gasteiger partial charge in [0.2, 0.25) is 6.33 Å². The minimum atomic E-state index is -4.89. The molecule has 0 amide bonds. The second-order valence-electron chi connectivity index (χ2n) is 5.51. The Labute approximate surface area is 160 Å². The number of halogens is 7. The molecule has 0 bridgehead atoms. The molecule has 1 aromatic heterocycles. The SMILES string of the molecule is Cl.O=[N+]([O-])c1ncn(CCCNCc2cc(C(F)(F)F)cc(C(F)(F)F)c2)n1. The zero-order valence-corrected chi connectivity index (χ0v) is 14.7. The van der Waals surface area contributed by atoms with E-state index in [2.05, 4.69) is 15.4 Å². The summed E-state index contributed by atoms with van der Waals surface area (Å²) in [6.45, 7) is 0.278. The molecule has 0 atom stereocenters. The highest BCUT2D eigenvalue weighted by molar-refractivity contribution is 5.85. The Hall–Kier alpha value is -2.41. The van der Waals surface area contributed by atoms with Crippen LogP contribution in [0.15, 0.2) is 24.5 Å². The number of nitrogens with one attached hydrogen (secondary N) is 1. The molecule has 0 saturated heterocycles. The van der Waals surface area contributed by atoms with Crippen LogP contribution in [-0.2, 0) is 25.4 Å². The molecule has 2 rings (SSSR count). The first kappa shape index (κ1) is 23.6. The van der Waals surface area contributed by atoms with E-state index in [1.54, 1.807) is 0 Å². The van der Waals surface area contributed by atoms with Crippen LogP contribution in [0.5, 0.6) is 0 Å². The number of aromatic nitrogens is 3. The maximum absolute atomic E-state index is 12.8. The van der Waals surface area contributed by atoms with Crippen molar-refractivity contribution in [1.82, 2.24) is 20.1 Å². The molecule has 0 fully saturated rings. The zero-order chi connectivity index (χ0) is 20.2. The molecule has 1 N–H and O–H groups in total. The lowest BCUT2D eigenvalue weighted by atomic mass is 10.0. The summed E-state index contributed by atoms with van der Waals surface area (Å²) in [5.41, 5.74) is -2.90. The third kappa shape index (κ3) is 6.64. The Morgan fingerprint density at radius 1 is 1.07 bits per heavy atom. The Morgan fingerprint density at radius 3 is 2.11 bits per heavy atom. The fourth-order valence-electron chi connectivity index (χ4n) is 2.20. The molecule has 0 aliphatic heterocycles. The fourth-order valence-corrected chi connectivity index (χ4v) is 2.20. The first-order valence-corrected chi connectivity index (χ1v) is 7.50. The van der Waals surface area contributed by atoms with Crippen LogP contribution in [0.2, 0.25) is 0 Å². The van der Waals surface area contributed by atoms with Crippen LogP contribution in [0.3, 0.4) is 0 Å². The van der Waals surface area contributed by atoms with Gasteiger partial charge in [0.15, 0.2) is 0 Å². The Kier molecular flexibility index (Phi) is 7.75. The van der Waals surface area contributed by atoms with Crippen LogP contribution in [-0.4, -0.2) is 26.2 Å². The molecule has 2 aromatic rings. The van der Waals surface area contributed by atoms with Crippen molar-refractivity contribution >= 4 is 18.4 Å². The number of hydrogen-bond acceptors (Lipinski definition) is 5. The van der Waals surface area contributed by atoms with E-state index >= 15 is 0 Å². The minimum Gasteiger partial charge on any atom is -0.390 e. The van der Waals surface area contributed by atoms with Crippen molar-refractivity contribution in [3.63, 3.8) is 0 Å². The molecule has 0 aliphatic carbocycles. The van der Waals surface area contributed by atoms with Crippen molar-refractivity contribution in [3.8, 4) is 0 Å². The number of benzene rings is 1. The predicted molar refractivity (Wildman–Crippen MR) is 86.7 cm³/mol. The van der Waals surface area contributed by atoms with Gasteiger partial charge in [0.25, 0.3) is 0 Å². The lowest BCUT2D eigenvalue weighted by molar-refractivity contribution is -0.394. The molecule has 1 heterocycles. The largest absolute Gasteiger partial charge is 0.490 e. The monoisotopic (exact) mass is 433 g/mol. The molecule has 0 saturated carbocycles. The third-order valence-electron chi connectivity index (χ3n) is 3.41. The highest BCUT2D eigenvalue weighted by atomic mass is 35.5. The van der Waals surface area contributed by atoms with Gasteiger partial charge in [-0.05, 0) is 41.7 Å². The molecule has 0 unspecified atom stereocenters. The normalized spacial score (nSPS) is 11.9. The van der Waals surface area contributed by atoms with Gasteiger partial charge in [-0.3, -0.25) is 0 Å². The number of aryl methyl sites for hydroxylation is 1. The number of rotatable bonds is 7. The molecular formula is C14H14ClF6N5O2. The van der Waals surface area contributed by atoms with Gasteiger partial charge >= 0.3 is 18.3 Å². The van der Waals surface area contributed by atoms with E-state index in [9.17, 15) is 36.5 Å². The quantitative estimate of drug-likeness (QED) is 0.310. The van der Waals surface area contributed by atoms with Crippen molar-refractivity contribution in [2.45, 2.75) is 31.9 Å². The average Bonchev–Trinajstić information content (AvgIpc) is 3.02. The molecule has 28 heavy (non-hydrogen) atoms. The van der Waals surface area contributed by atoms with Crippen molar-refractivity contribution in [1.29, 1.82) is 0 Å². The lowest BCUT2D eigenvalue weighted by Gasteiger charge is -2.14. The average molecular weight is 434 g/mol. The van der Waals surface area contributed by atoms with Crippen LogP contribution in [0.1, 0.15) is 23.1 Å². The molecule has 0 spiro atoms. The predicted octanol–water partition coefficient (Wildman–Crippen LogP) is 3.83. The molecule has 0 radical (unpaired) electrons. The first-order valence-electron chi connectivity index (χ1n) is 7.50. The second kappa shape index (κ2) is 9.19. The van der Waals surface area contributed by atoms with Crippen molar-refractivity contribution in [2.24, 2.45) is 0 Å². The zero-order valence-electron chi connectivity index (χ0n) is 13.9. The van der Waals surface area contributed by atoms with E-state index in [0.717, 1.165) is 6.33 Å². The first-order chi connectivity index (χ1) is 12.5. The third-order valence-corrected chi connectivity index (χ3v) is 3.41. The summed E-state index contributed by atoms with van der Waals surface area (Å²) >= 11 is 0. The Bertz CT molecular complexity index is 776. The van der Waals surface area contributed by atoms with Crippen LogP contribution in [0.25, 0.3) is 0 Å². The summed E-state index contributed by atoms with van der Waals surface area (Å²) in [6.07, 6.45) is -8.25. The van der Waals surface area contributed by atoms with Gasteiger partial charge in [-0.1, -0.05) is 4.98 Å². The second-order valence-corrected chi connectivity index (χ2v) is 5.51. The highest BCUT2D eigenvalue weighted by Crippen LogP contribution is 2.36. The Balaban J connectivity index is 0.00000392. The molecule has 0 aliphatic rings. The minimum absolute atomic E-state index is 0. The van der Waals surface area contributed by atoms with Gasteiger partial charge < -0.3 is 15.4 Å². The van der Waals surface area contributed by atoms with Crippen LogP contribution >= 0.6 is 12.4 Å². The van der Waals surface area contributed by atoms with E-state index in [4.69, 9.17) is 0 Å². The van der Waals surface area contributed by atoms with E-state index in [1.165, 1.54) is 4.68 Å². The molecular weight excluding hydrogens is 420 g/mol. The van der Waals surface area contributed by atoms with Crippen molar-refractivity contribution < 1.29 is 31.3 Å². The van der Waals surface area contributed by atoms with E-state index < -0.39 is 34.4 Å². The highest BCUT2D eigenvalue weighted by Gasteiger charge is 2.36. The van der Waals surface area contributed by atoms with Crippen molar-refractivity contribution in [3.05, 3.63) is 51.3 Å². The smallest absolute Gasteiger partial charge is 0.390 e. The van der Waals surface area contributed by atoms with Gasteiger partial charge in [0, 0.05) is 11.6 Å². The lowest BCUT2D eigenvalue weighted by Crippen LogP contribution is -2.18. The fraction of sp³-hybridized carbons (Fsp3) is 0.429. The van der Waals surface area contributed by atoms with Gasteiger partial charge in [0.1, 0.15) is 0 Å². The summed E-state index contributed by atoms with van der Waals surface area (Å²) < 4.78 is 77.9. The van der Waals surface area contributed by atoms with Crippen LogP contribution in [0, 0.1) is 10.1 Å². The summed E-state index contributed by atoms with van der Waals surface area (Å²) in [6, 6.07) is 1.38. The maximum atomic E-state index is 12.8. The molecule has 1 aromatic carbocycles. The van der Waals surface area contributed by atoms with Gasteiger partial charge in [-0.25, -0.2) is 0 Å². The number of nitro groups is 1. The number of nitrogens with zero attached hydrogens (tertiary/aromatic N) is 4. The maximum Gasteiger partial charge on any atom is 0.490 e. The molecule has 14 heteroatoms. The van der Waals surface area contributed by atoms with E-state index in [-0.39, 0.29) is 43.7 Å². The number of alkyl halides is 6. The van der Waals surface area contributed by atoms with Gasteiger partial charge in [-0.15, -0.1) is 12.4 Å². The molecule has 156 valence electrons. The molecule has 7 nitrogen and oxygen atoms in total.